The molecule has 1 aliphatic carbocycles. The number of anilines is 1. The Bertz CT molecular complexity index is 585. The highest BCUT2D eigenvalue weighted by Crippen LogP contribution is 2.36. The topological polar surface area (TPSA) is 44.7 Å². The second kappa shape index (κ2) is 7.82. The second-order valence-corrected chi connectivity index (χ2v) is 7.69. The minimum absolute atomic E-state index is 0.135. The van der Waals surface area contributed by atoms with Crippen molar-refractivity contribution in [1.29, 1.82) is 0 Å². The van der Waals surface area contributed by atoms with Gasteiger partial charge in [0.05, 0.1) is 0 Å². The van der Waals surface area contributed by atoms with E-state index in [0.29, 0.717) is 11.5 Å². The summed E-state index contributed by atoms with van der Waals surface area (Å²) in [5.41, 5.74) is 5.91. The largest absolute Gasteiger partial charge is 0.372 e. The number of hydrazone groups is 1. The summed E-state index contributed by atoms with van der Waals surface area (Å²) in [7, 11) is 0. The summed E-state index contributed by atoms with van der Waals surface area (Å²) in [5.74, 6) is 0.488. The van der Waals surface area contributed by atoms with Gasteiger partial charge in [-0.1, -0.05) is 20.8 Å². The normalized spacial score (nSPS) is 21.5. The third kappa shape index (κ3) is 4.83. The van der Waals surface area contributed by atoms with Crippen LogP contribution in [0.2, 0.25) is 0 Å². The van der Waals surface area contributed by atoms with Crippen LogP contribution in [-0.2, 0) is 0 Å². The van der Waals surface area contributed by atoms with Gasteiger partial charge in [0.1, 0.15) is 0 Å². The molecule has 1 amide bonds. The highest BCUT2D eigenvalue weighted by molar-refractivity contribution is 5.96. The zero-order valence-electron chi connectivity index (χ0n) is 15.7. The Morgan fingerprint density at radius 3 is 2.42 bits per heavy atom. The molecular weight excluding hydrogens is 298 g/mol. The second-order valence-electron chi connectivity index (χ2n) is 7.69. The van der Waals surface area contributed by atoms with E-state index in [0.717, 1.165) is 37.3 Å². The summed E-state index contributed by atoms with van der Waals surface area (Å²) in [5, 5.41) is 4.40. The summed E-state index contributed by atoms with van der Waals surface area (Å²) < 4.78 is 0. The molecule has 1 N–H and O–H groups in total. The number of hydrogen-bond donors (Lipinski definition) is 1. The number of amides is 1. The maximum atomic E-state index is 12.3. The smallest absolute Gasteiger partial charge is 0.271 e. The van der Waals surface area contributed by atoms with Crippen LogP contribution in [-0.4, -0.2) is 24.7 Å². The molecule has 1 aromatic rings. The number of rotatable bonds is 5. The van der Waals surface area contributed by atoms with Gasteiger partial charge in [-0.15, -0.1) is 0 Å². The Balaban J connectivity index is 2.01. The standard InChI is InChI=1S/C20H31N3O/c1-6-23(7-2)18-10-8-16(9-11-18)19(24)22-21-17-12-15(3)13-20(4,5)14-17/h8-11,15H,6-7,12-14H2,1-5H3,(H,22,24)/b21-17-. The lowest BCUT2D eigenvalue weighted by Gasteiger charge is -2.34. The van der Waals surface area contributed by atoms with Gasteiger partial charge in [-0.3, -0.25) is 4.79 Å². The van der Waals surface area contributed by atoms with Gasteiger partial charge in [0, 0.05) is 30.1 Å². The molecule has 1 saturated carbocycles. The molecule has 0 spiro atoms. The van der Waals surface area contributed by atoms with Crippen molar-refractivity contribution < 1.29 is 4.79 Å². The van der Waals surface area contributed by atoms with Gasteiger partial charge in [-0.05, 0) is 68.7 Å². The molecule has 1 aliphatic rings. The molecule has 1 fully saturated rings. The summed E-state index contributed by atoms with van der Waals surface area (Å²) >= 11 is 0. The number of nitrogens with one attached hydrogen (secondary N) is 1. The van der Waals surface area contributed by atoms with Crippen molar-refractivity contribution in [1.82, 2.24) is 5.43 Å². The Kier molecular flexibility index (Phi) is 6.03. The van der Waals surface area contributed by atoms with E-state index in [1.807, 2.05) is 24.3 Å². The van der Waals surface area contributed by atoms with Gasteiger partial charge in [-0.2, -0.15) is 5.10 Å². The van der Waals surface area contributed by atoms with E-state index in [1.165, 1.54) is 6.42 Å². The maximum Gasteiger partial charge on any atom is 0.271 e. The van der Waals surface area contributed by atoms with Crippen LogP contribution in [0.15, 0.2) is 29.4 Å². The van der Waals surface area contributed by atoms with E-state index in [9.17, 15) is 4.79 Å². The molecule has 0 aliphatic heterocycles. The van der Waals surface area contributed by atoms with Crippen molar-refractivity contribution in [2.24, 2.45) is 16.4 Å². The van der Waals surface area contributed by atoms with Crippen molar-refractivity contribution in [2.45, 2.75) is 53.9 Å². The molecule has 0 heterocycles. The average Bonchev–Trinajstić information content (AvgIpc) is 2.52. The van der Waals surface area contributed by atoms with Crippen LogP contribution in [0.5, 0.6) is 0 Å². The fourth-order valence-electron chi connectivity index (χ4n) is 3.81. The number of carbonyl (C=O) groups is 1. The first-order valence-corrected chi connectivity index (χ1v) is 9.05. The third-order valence-electron chi connectivity index (χ3n) is 4.74. The monoisotopic (exact) mass is 329 g/mol. The van der Waals surface area contributed by atoms with Crippen molar-refractivity contribution >= 4 is 17.3 Å². The molecule has 24 heavy (non-hydrogen) atoms. The Morgan fingerprint density at radius 1 is 1.25 bits per heavy atom. The highest BCUT2D eigenvalue weighted by Gasteiger charge is 2.29. The molecule has 1 unspecified atom stereocenters. The lowest BCUT2D eigenvalue weighted by atomic mass is 9.72. The summed E-state index contributed by atoms with van der Waals surface area (Å²) in [6.07, 6.45) is 3.15. The summed E-state index contributed by atoms with van der Waals surface area (Å²) in [6, 6.07) is 7.74. The van der Waals surface area contributed by atoms with E-state index in [2.05, 4.69) is 50.0 Å². The predicted octanol–water partition coefficient (Wildman–Crippen LogP) is 4.46. The SMILES string of the molecule is CCN(CC)c1ccc(C(=O)N/N=C2/CC(C)CC(C)(C)C2)cc1. The van der Waals surface area contributed by atoms with Crippen molar-refractivity contribution in [2.75, 3.05) is 18.0 Å². The first-order valence-electron chi connectivity index (χ1n) is 9.05. The molecule has 4 nitrogen and oxygen atoms in total. The van der Waals surface area contributed by atoms with Crippen molar-refractivity contribution in [3.63, 3.8) is 0 Å². The number of nitrogens with zero attached hydrogens (tertiary/aromatic N) is 2. The molecule has 2 rings (SSSR count). The molecule has 1 aromatic carbocycles. The molecule has 0 bridgehead atoms. The third-order valence-corrected chi connectivity index (χ3v) is 4.74. The summed E-state index contributed by atoms with van der Waals surface area (Å²) in [6.45, 7) is 13.0. The van der Waals surface area contributed by atoms with Crippen molar-refractivity contribution in [3.8, 4) is 0 Å². The molecule has 0 radical (unpaired) electrons. The number of hydrogen-bond acceptors (Lipinski definition) is 3. The average molecular weight is 329 g/mol. The number of benzene rings is 1. The lowest BCUT2D eigenvalue weighted by molar-refractivity contribution is 0.0954. The molecular formula is C20H31N3O. The van der Waals surface area contributed by atoms with E-state index < -0.39 is 0 Å². The Hall–Kier alpha value is -1.84. The van der Waals surface area contributed by atoms with E-state index in [4.69, 9.17) is 0 Å². The quantitative estimate of drug-likeness (QED) is 0.810. The predicted molar refractivity (Wildman–Crippen MR) is 102 cm³/mol. The fraction of sp³-hybridized carbons (Fsp3) is 0.600. The van der Waals surface area contributed by atoms with Gasteiger partial charge in [0.25, 0.3) is 5.91 Å². The van der Waals surface area contributed by atoms with Crippen molar-refractivity contribution in [3.05, 3.63) is 29.8 Å². The Labute approximate surface area is 146 Å². The molecule has 0 aromatic heterocycles. The minimum atomic E-state index is -0.135. The van der Waals surface area contributed by atoms with Crippen LogP contribution < -0.4 is 10.3 Å². The van der Waals surface area contributed by atoms with Crippen LogP contribution in [0.1, 0.15) is 64.2 Å². The lowest BCUT2D eigenvalue weighted by Crippen LogP contribution is -2.30. The molecule has 0 saturated heterocycles. The van der Waals surface area contributed by atoms with E-state index in [1.54, 1.807) is 0 Å². The van der Waals surface area contributed by atoms with Crippen LogP contribution in [0.4, 0.5) is 5.69 Å². The van der Waals surface area contributed by atoms with Crippen LogP contribution in [0, 0.1) is 11.3 Å². The van der Waals surface area contributed by atoms with Gasteiger partial charge >= 0.3 is 0 Å². The molecule has 1 atom stereocenters. The van der Waals surface area contributed by atoms with E-state index in [-0.39, 0.29) is 11.3 Å². The molecule has 132 valence electrons. The maximum absolute atomic E-state index is 12.3. The number of carbonyl (C=O) groups excluding carboxylic acids is 1. The van der Waals surface area contributed by atoms with Crippen LogP contribution in [0.25, 0.3) is 0 Å². The first kappa shape index (κ1) is 18.5. The van der Waals surface area contributed by atoms with Gasteiger partial charge in [0.15, 0.2) is 0 Å². The van der Waals surface area contributed by atoms with E-state index >= 15 is 0 Å². The first-order chi connectivity index (χ1) is 11.3. The van der Waals surface area contributed by atoms with Crippen LogP contribution in [0.3, 0.4) is 0 Å². The van der Waals surface area contributed by atoms with Crippen LogP contribution >= 0.6 is 0 Å². The Morgan fingerprint density at radius 2 is 1.88 bits per heavy atom. The zero-order chi connectivity index (χ0) is 17.7. The highest BCUT2D eigenvalue weighted by atomic mass is 16.2. The zero-order valence-corrected chi connectivity index (χ0v) is 15.7. The van der Waals surface area contributed by atoms with Gasteiger partial charge < -0.3 is 4.90 Å². The fourth-order valence-corrected chi connectivity index (χ4v) is 3.81. The minimum Gasteiger partial charge on any atom is -0.372 e. The molecule has 4 heteroatoms. The summed E-state index contributed by atoms with van der Waals surface area (Å²) in [4.78, 5) is 14.6. The van der Waals surface area contributed by atoms with Gasteiger partial charge in [0.2, 0.25) is 0 Å². The van der Waals surface area contributed by atoms with Gasteiger partial charge in [-0.25, -0.2) is 5.43 Å².